The summed E-state index contributed by atoms with van der Waals surface area (Å²) in [5.41, 5.74) is 0.312. The molecular weight excluding hydrogens is 280 g/mol. The Bertz CT molecular complexity index is 384. The first-order valence-corrected chi connectivity index (χ1v) is 5.90. The molecule has 0 aliphatic rings. The van der Waals surface area contributed by atoms with Gasteiger partial charge in [0.2, 0.25) is 5.91 Å². The Labute approximate surface area is 101 Å². The van der Waals surface area contributed by atoms with Gasteiger partial charge in [0.05, 0.1) is 0 Å². The molecule has 1 rings (SSSR count). The molecular formula is C11H12BrF2NO. The molecule has 0 radical (unpaired) electrons. The summed E-state index contributed by atoms with van der Waals surface area (Å²) >= 11 is 3.16. The highest BCUT2D eigenvalue weighted by Crippen LogP contribution is 2.12. The van der Waals surface area contributed by atoms with E-state index in [1.54, 1.807) is 7.05 Å². The highest BCUT2D eigenvalue weighted by molar-refractivity contribution is 9.09. The van der Waals surface area contributed by atoms with Crippen LogP contribution in [-0.4, -0.2) is 23.2 Å². The van der Waals surface area contributed by atoms with Crippen LogP contribution < -0.4 is 0 Å². The second kappa shape index (κ2) is 5.94. The normalized spacial score (nSPS) is 10.2. The smallest absolute Gasteiger partial charge is 0.223 e. The van der Waals surface area contributed by atoms with Gasteiger partial charge in [-0.3, -0.25) is 4.79 Å². The first kappa shape index (κ1) is 13.1. The van der Waals surface area contributed by atoms with Crippen molar-refractivity contribution >= 4 is 21.8 Å². The van der Waals surface area contributed by atoms with E-state index in [-0.39, 0.29) is 12.5 Å². The van der Waals surface area contributed by atoms with E-state index in [0.717, 1.165) is 6.07 Å². The van der Waals surface area contributed by atoms with Crippen LogP contribution >= 0.6 is 15.9 Å². The van der Waals surface area contributed by atoms with Gasteiger partial charge in [-0.1, -0.05) is 22.0 Å². The lowest BCUT2D eigenvalue weighted by Crippen LogP contribution is -2.26. The Morgan fingerprint density at radius 1 is 1.44 bits per heavy atom. The van der Waals surface area contributed by atoms with Crippen LogP contribution in [0.15, 0.2) is 18.2 Å². The molecule has 1 amide bonds. The lowest BCUT2D eigenvalue weighted by molar-refractivity contribution is -0.129. The maximum absolute atomic E-state index is 13.3. The summed E-state index contributed by atoms with van der Waals surface area (Å²) < 4.78 is 25.9. The monoisotopic (exact) mass is 291 g/mol. The highest BCUT2D eigenvalue weighted by atomic mass is 79.9. The third-order valence-electron chi connectivity index (χ3n) is 2.16. The molecule has 1 aromatic carbocycles. The number of alkyl halides is 1. The maximum atomic E-state index is 13.3. The lowest BCUT2D eigenvalue weighted by Gasteiger charge is -2.17. The number of amides is 1. The van der Waals surface area contributed by atoms with Crippen LogP contribution in [0.2, 0.25) is 0 Å². The Balaban J connectivity index is 2.69. The quantitative estimate of drug-likeness (QED) is 0.781. The molecule has 88 valence electrons. The van der Waals surface area contributed by atoms with Gasteiger partial charge in [0.1, 0.15) is 11.6 Å². The third-order valence-corrected chi connectivity index (χ3v) is 2.55. The van der Waals surface area contributed by atoms with Crippen LogP contribution in [0.1, 0.15) is 12.0 Å². The van der Waals surface area contributed by atoms with Crippen molar-refractivity contribution in [3.63, 3.8) is 0 Å². The standard InChI is InChI=1S/C11H12BrF2NO/c1-15(11(16)4-5-12)7-8-2-3-9(13)6-10(8)14/h2-3,6H,4-5,7H2,1H3. The van der Waals surface area contributed by atoms with Gasteiger partial charge in [-0.05, 0) is 6.07 Å². The molecule has 0 saturated heterocycles. The molecule has 5 heteroatoms. The summed E-state index contributed by atoms with van der Waals surface area (Å²) in [5, 5.41) is 0.572. The molecule has 0 unspecified atom stereocenters. The van der Waals surface area contributed by atoms with Crippen LogP contribution in [0.3, 0.4) is 0 Å². The molecule has 0 bridgehead atoms. The minimum Gasteiger partial charge on any atom is -0.341 e. The maximum Gasteiger partial charge on any atom is 0.223 e. The molecule has 0 spiro atoms. The SMILES string of the molecule is CN(Cc1ccc(F)cc1F)C(=O)CCBr. The summed E-state index contributed by atoms with van der Waals surface area (Å²) in [6.45, 7) is 0.151. The predicted octanol–water partition coefficient (Wildman–Crippen LogP) is 2.71. The molecule has 0 aliphatic carbocycles. The van der Waals surface area contributed by atoms with Gasteiger partial charge in [0, 0.05) is 37.0 Å². The van der Waals surface area contributed by atoms with Crippen molar-refractivity contribution in [2.45, 2.75) is 13.0 Å². The Morgan fingerprint density at radius 3 is 2.69 bits per heavy atom. The Kier molecular flexibility index (Phi) is 4.86. The number of rotatable bonds is 4. The van der Waals surface area contributed by atoms with Gasteiger partial charge < -0.3 is 4.90 Å². The van der Waals surface area contributed by atoms with Crippen LogP contribution in [0.25, 0.3) is 0 Å². The summed E-state index contributed by atoms with van der Waals surface area (Å²) in [5.74, 6) is -1.32. The predicted molar refractivity (Wildman–Crippen MR) is 61.2 cm³/mol. The van der Waals surface area contributed by atoms with Crippen molar-refractivity contribution in [2.24, 2.45) is 0 Å². The van der Waals surface area contributed by atoms with Crippen molar-refractivity contribution in [1.82, 2.24) is 4.90 Å². The molecule has 0 atom stereocenters. The zero-order valence-corrected chi connectivity index (χ0v) is 10.4. The average Bonchev–Trinajstić information content (AvgIpc) is 2.22. The third kappa shape index (κ3) is 3.56. The van der Waals surface area contributed by atoms with Crippen LogP contribution in [0, 0.1) is 11.6 Å². The molecule has 0 saturated carbocycles. The van der Waals surface area contributed by atoms with E-state index in [0.29, 0.717) is 17.3 Å². The van der Waals surface area contributed by atoms with Gasteiger partial charge in [-0.25, -0.2) is 8.78 Å². The molecule has 0 N–H and O–H groups in total. The topological polar surface area (TPSA) is 20.3 Å². The van der Waals surface area contributed by atoms with Crippen molar-refractivity contribution in [2.75, 3.05) is 12.4 Å². The van der Waals surface area contributed by atoms with Gasteiger partial charge in [0.25, 0.3) is 0 Å². The molecule has 1 aromatic rings. The second-order valence-electron chi connectivity index (χ2n) is 3.42. The summed E-state index contributed by atoms with van der Waals surface area (Å²) in [6.07, 6.45) is 0.360. The number of benzene rings is 1. The first-order valence-electron chi connectivity index (χ1n) is 4.78. The van der Waals surface area contributed by atoms with E-state index in [2.05, 4.69) is 15.9 Å². The summed E-state index contributed by atoms with van der Waals surface area (Å²) in [7, 11) is 1.59. The van der Waals surface area contributed by atoms with E-state index in [9.17, 15) is 13.6 Å². The van der Waals surface area contributed by atoms with E-state index in [1.807, 2.05) is 0 Å². The van der Waals surface area contributed by atoms with Crippen molar-refractivity contribution in [3.8, 4) is 0 Å². The second-order valence-corrected chi connectivity index (χ2v) is 4.22. The number of carbonyl (C=O) groups is 1. The molecule has 0 aromatic heterocycles. The number of carbonyl (C=O) groups excluding carboxylic acids is 1. The van der Waals surface area contributed by atoms with E-state index in [1.165, 1.54) is 17.0 Å². The zero-order valence-electron chi connectivity index (χ0n) is 8.84. The number of halogens is 3. The minimum absolute atomic E-state index is 0.0828. The van der Waals surface area contributed by atoms with Gasteiger partial charge in [-0.15, -0.1) is 0 Å². The Morgan fingerprint density at radius 2 is 2.12 bits per heavy atom. The number of hydrogen-bond donors (Lipinski definition) is 0. The fourth-order valence-electron chi connectivity index (χ4n) is 1.27. The van der Waals surface area contributed by atoms with Crippen LogP contribution in [0.4, 0.5) is 8.78 Å². The molecule has 2 nitrogen and oxygen atoms in total. The van der Waals surface area contributed by atoms with E-state index in [4.69, 9.17) is 0 Å². The largest absolute Gasteiger partial charge is 0.341 e. The fourth-order valence-corrected chi connectivity index (χ4v) is 1.60. The van der Waals surface area contributed by atoms with Crippen molar-refractivity contribution in [1.29, 1.82) is 0 Å². The number of hydrogen-bond acceptors (Lipinski definition) is 1. The highest BCUT2D eigenvalue weighted by Gasteiger charge is 2.11. The van der Waals surface area contributed by atoms with Crippen molar-refractivity contribution < 1.29 is 13.6 Å². The molecule has 0 fully saturated rings. The first-order chi connectivity index (χ1) is 7.54. The van der Waals surface area contributed by atoms with Gasteiger partial charge >= 0.3 is 0 Å². The summed E-state index contributed by atoms with van der Waals surface area (Å²) in [4.78, 5) is 12.8. The zero-order chi connectivity index (χ0) is 12.1. The molecule has 16 heavy (non-hydrogen) atoms. The summed E-state index contributed by atoms with van der Waals surface area (Å²) in [6, 6.07) is 3.35. The minimum atomic E-state index is -0.626. The molecule has 0 aliphatic heterocycles. The average molecular weight is 292 g/mol. The lowest BCUT2D eigenvalue weighted by atomic mass is 10.2. The van der Waals surface area contributed by atoms with E-state index >= 15 is 0 Å². The van der Waals surface area contributed by atoms with Crippen LogP contribution in [0.5, 0.6) is 0 Å². The van der Waals surface area contributed by atoms with Crippen LogP contribution in [-0.2, 0) is 11.3 Å². The molecule has 0 heterocycles. The van der Waals surface area contributed by atoms with Gasteiger partial charge in [-0.2, -0.15) is 0 Å². The Hall–Kier alpha value is -0.970. The van der Waals surface area contributed by atoms with Gasteiger partial charge in [0.15, 0.2) is 0 Å². The fraction of sp³-hybridized carbons (Fsp3) is 0.364. The van der Waals surface area contributed by atoms with E-state index < -0.39 is 11.6 Å². The van der Waals surface area contributed by atoms with Crippen molar-refractivity contribution in [3.05, 3.63) is 35.4 Å². The number of nitrogens with zero attached hydrogens (tertiary/aromatic N) is 1.